The van der Waals surface area contributed by atoms with Crippen molar-refractivity contribution in [2.24, 2.45) is 0 Å². The molecule has 0 bridgehead atoms. The second kappa shape index (κ2) is 6.20. The molecule has 0 aliphatic heterocycles. The average Bonchev–Trinajstić information content (AvgIpc) is 3.01. The van der Waals surface area contributed by atoms with E-state index in [1.807, 2.05) is 41.1 Å². The number of aromatic nitrogens is 2. The fourth-order valence-corrected chi connectivity index (χ4v) is 2.53. The van der Waals surface area contributed by atoms with Crippen LogP contribution >= 0.6 is 23.2 Å². The number of nitrogens with zero attached hydrogens (tertiary/aromatic N) is 2. The topological polar surface area (TPSA) is 29.9 Å². The summed E-state index contributed by atoms with van der Waals surface area (Å²) in [5.74, 6) is 0. The summed E-state index contributed by atoms with van der Waals surface area (Å²) in [5.41, 5.74) is 3.08. The summed E-state index contributed by atoms with van der Waals surface area (Å²) in [4.78, 5) is 4.05. The molecule has 3 aromatic rings. The van der Waals surface area contributed by atoms with Crippen LogP contribution in [0.3, 0.4) is 0 Å². The molecular formula is C16H13Cl2N3. The van der Waals surface area contributed by atoms with Gasteiger partial charge < -0.3 is 9.88 Å². The monoisotopic (exact) mass is 317 g/mol. The zero-order chi connectivity index (χ0) is 14.7. The van der Waals surface area contributed by atoms with Crippen molar-refractivity contribution in [2.45, 2.75) is 6.54 Å². The first-order valence-electron chi connectivity index (χ1n) is 6.48. The molecule has 3 nitrogen and oxygen atoms in total. The number of nitrogens with one attached hydrogen (secondary N) is 1. The second-order valence-corrected chi connectivity index (χ2v) is 5.45. The van der Waals surface area contributed by atoms with Gasteiger partial charge in [-0.2, -0.15) is 0 Å². The van der Waals surface area contributed by atoms with Crippen molar-refractivity contribution in [3.05, 3.63) is 76.8 Å². The second-order valence-electron chi connectivity index (χ2n) is 4.61. The molecule has 0 unspecified atom stereocenters. The van der Waals surface area contributed by atoms with Crippen LogP contribution in [0, 0.1) is 0 Å². The van der Waals surface area contributed by atoms with Crippen LogP contribution in [0.25, 0.3) is 5.69 Å². The van der Waals surface area contributed by atoms with Crippen molar-refractivity contribution in [3.8, 4) is 5.69 Å². The molecule has 0 radical (unpaired) electrons. The van der Waals surface area contributed by atoms with E-state index in [1.54, 1.807) is 18.6 Å². The molecular weight excluding hydrogens is 305 g/mol. The number of anilines is 1. The molecule has 21 heavy (non-hydrogen) atoms. The molecule has 3 rings (SSSR count). The Kier molecular flexibility index (Phi) is 4.13. The Bertz CT molecular complexity index is 739. The molecule has 1 aromatic heterocycles. The van der Waals surface area contributed by atoms with Gasteiger partial charge in [-0.05, 0) is 35.9 Å². The molecule has 0 spiro atoms. The first-order valence-corrected chi connectivity index (χ1v) is 7.24. The quantitative estimate of drug-likeness (QED) is 0.749. The summed E-state index contributed by atoms with van der Waals surface area (Å²) in [6, 6.07) is 13.6. The lowest BCUT2D eigenvalue weighted by atomic mass is 10.2. The zero-order valence-corrected chi connectivity index (χ0v) is 12.6. The highest BCUT2D eigenvalue weighted by atomic mass is 35.5. The molecule has 0 saturated heterocycles. The molecule has 5 heteroatoms. The highest BCUT2D eigenvalue weighted by Crippen LogP contribution is 2.22. The van der Waals surface area contributed by atoms with E-state index in [9.17, 15) is 0 Å². The van der Waals surface area contributed by atoms with Crippen LogP contribution in [0.15, 0.2) is 61.2 Å². The molecule has 1 N–H and O–H groups in total. The Hall–Kier alpha value is -1.97. The minimum Gasteiger partial charge on any atom is -0.381 e. The van der Waals surface area contributed by atoms with Gasteiger partial charge in [0, 0.05) is 40.4 Å². The number of benzene rings is 2. The normalized spacial score (nSPS) is 10.6. The fourth-order valence-electron chi connectivity index (χ4n) is 2.05. The van der Waals surface area contributed by atoms with Gasteiger partial charge in [-0.1, -0.05) is 35.3 Å². The molecule has 0 amide bonds. The maximum Gasteiger partial charge on any atom is 0.0991 e. The maximum absolute atomic E-state index is 6.17. The third-order valence-electron chi connectivity index (χ3n) is 3.15. The van der Waals surface area contributed by atoms with Crippen molar-refractivity contribution in [1.82, 2.24) is 9.55 Å². The molecule has 0 aliphatic carbocycles. The fraction of sp³-hybridized carbons (Fsp3) is 0.0625. The Balaban J connectivity index is 1.75. The molecule has 1 heterocycles. The van der Waals surface area contributed by atoms with Crippen LogP contribution in [-0.4, -0.2) is 9.55 Å². The van der Waals surface area contributed by atoms with E-state index in [0.717, 1.165) is 16.9 Å². The summed E-state index contributed by atoms with van der Waals surface area (Å²) in [7, 11) is 0. The van der Waals surface area contributed by atoms with E-state index in [4.69, 9.17) is 23.2 Å². The molecule has 0 saturated carbocycles. The predicted molar refractivity (Wildman–Crippen MR) is 87.4 cm³/mol. The standard InChI is InChI=1S/C16H13Cl2N3/c17-13-5-4-12(16(18)8-13)10-20-14-2-1-3-15(9-14)21-7-6-19-11-21/h1-9,11,20H,10H2. The van der Waals surface area contributed by atoms with Gasteiger partial charge in [0.1, 0.15) is 0 Å². The van der Waals surface area contributed by atoms with E-state index in [1.165, 1.54) is 0 Å². The van der Waals surface area contributed by atoms with Gasteiger partial charge in [0.25, 0.3) is 0 Å². The summed E-state index contributed by atoms with van der Waals surface area (Å²) >= 11 is 12.1. The summed E-state index contributed by atoms with van der Waals surface area (Å²) in [6.07, 6.45) is 5.44. The van der Waals surface area contributed by atoms with E-state index in [2.05, 4.69) is 16.4 Å². The van der Waals surface area contributed by atoms with E-state index < -0.39 is 0 Å². The van der Waals surface area contributed by atoms with E-state index >= 15 is 0 Å². The van der Waals surface area contributed by atoms with Crippen LogP contribution in [-0.2, 0) is 6.54 Å². The SMILES string of the molecule is Clc1ccc(CNc2cccc(-n3ccnc3)c2)c(Cl)c1. The van der Waals surface area contributed by atoms with E-state index in [0.29, 0.717) is 16.6 Å². The van der Waals surface area contributed by atoms with Crippen LogP contribution in [0.5, 0.6) is 0 Å². The van der Waals surface area contributed by atoms with Crippen LogP contribution < -0.4 is 5.32 Å². The Labute approximate surface area is 133 Å². The Morgan fingerprint density at radius 1 is 1.10 bits per heavy atom. The number of imidazole rings is 1. The van der Waals surface area contributed by atoms with Gasteiger partial charge in [0.15, 0.2) is 0 Å². The van der Waals surface area contributed by atoms with Crippen molar-refractivity contribution >= 4 is 28.9 Å². The number of hydrogen-bond donors (Lipinski definition) is 1. The number of halogens is 2. The predicted octanol–water partition coefficient (Wildman–Crippen LogP) is 4.79. The maximum atomic E-state index is 6.17. The number of rotatable bonds is 4. The molecule has 106 valence electrons. The van der Waals surface area contributed by atoms with Crippen LogP contribution in [0.1, 0.15) is 5.56 Å². The van der Waals surface area contributed by atoms with Gasteiger partial charge >= 0.3 is 0 Å². The van der Waals surface area contributed by atoms with Crippen molar-refractivity contribution in [3.63, 3.8) is 0 Å². The summed E-state index contributed by atoms with van der Waals surface area (Å²) < 4.78 is 1.96. The lowest BCUT2D eigenvalue weighted by Gasteiger charge is -2.10. The summed E-state index contributed by atoms with van der Waals surface area (Å²) in [6.45, 7) is 0.642. The lowest BCUT2D eigenvalue weighted by molar-refractivity contribution is 1.05. The van der Waals surface area contributed by atoms with Gasteiger partial charge in [-0.3, -0.25) is 0 Å². The van der Waals surface area contributed by atoms with Crippen molar-refractivity contribution in [2.75, 3.05) is 5.32 Å². The number of hydrogen-bond acceptors (Lipinski definition) is 2. The zero-order valence-electron chi connectivity index (χ0n) is 11.1. The minimum absolute atomic E-state index is 0.642. The van der Waals surface area contributed by atoms with Crippen LogP contribution in [0.4, 0.5) is 5.69 Å². The first-order chi connectivity index (χ1) is 10.2. The van der Waals surface area contributed by atoms with Gasteiger partial charge in [-0.15, -0.1) is 0 Å². The van der Waals surface area contributed by atoms with Crippen molar-refractivity contribution < 1.29 is 0 Å². The third-order valence-corrected chi connectivity index (χ3v) is 3.73. The van der Waals surface area contributed by atoms with Gasteiger partial charge in [-0.25, -0.2) is 4.98 Å². The molecule has 2 aromatic carbocycles. The summed E-state index contributed by atoms with van der Waals surface area (Å²) in [5, 5.41) is 4.67. The Morgan fingerprint density at radius 3 is 2.76 bits per heavy atom. The van der Waals surface area contributed by atoms with Crippen LogP contribution in [0.2, 0.25) is 10.0 Å². The minimum atomic E-state index is 0.642. The van der Waals surface area contributed by atoms with Gasteiger partial charge in [0.05, 0.1) is 6.33 Å². The van der Waals surface area contributed by atoms with Gasteiger partial charge in [0.2, 0.25) is 0 Å². The highest BCUT2D eigenvalue weighted by Gasteiger charge is 2.02. The Morgan fingerprint density at radius 2 is 2.00 bits per heavy atom. The average molecular weight is 318 g/mol. The largest absolute Gasteiger partial charge is 0.381 e. The van der Waals surface area contributed by atoms with E-state index in [-0.39, 0.29) is 0 Å². The molecule has 0 aliphatic rings. The molecule has 0 fully saturated rings. The smallest absolute Gasteiger partial charge is 0.0991 e. The first kappa shape index (κ1) is 14.0. The third kappa shape index (κ3) is 3.38. The molecule has 0 atom stereocenters. The highest BCUT2D eigenvalue weighted by molar-refractivity contribution is 6.35. The lowest BCUT2D eigenvalue weighted by Crippen LogP contribution is -2.01. The van der Waals surface area contributed by atoms with Crippen molar-refractivity contribution in [1.29, 1.82) is 0 Å².